The van der Waals surface area contributed by atoms with Crippen LogP contribution in [-0.2, 0) is 17.7 Å². The first-order chi connectivity index (χ1) is 18.2. The van der Waals surface area contributed by atoms with E-state index in [0.717, 1.165) is 0 Å². The lowest BCUT2D eigenvalue weighted by molar-refractivity contribution is -0.0549. The number of fused-ring (bicyclic) bond motifs is 2. The van der Waals surface area contributed by atoms with Gasteiger partial charge in [0.2, 0.25) is 5.95 Å². The van der Waals surface area contributed by atoms with Gasteiger partial charge in [0.05, 0.1) is 25.4 Å². The van der Waals surface area contributed by atoms with Crippen LogP contribution in [0.5, 0.6) is 0 Å². The minimum absolute atomic E-state index is 0.0638. The number of aromatic nitrogens is 4. The number of ether oxygens (including phenoxy) is 1. The van der Waals surface area contributed by atoms with Gasteiger partial charge in [0.1, 0.15) is 12.3 Å². The molecule has 39 heavy (non-hydrogen) atoms. The van der Waals surface area contributed by atoms with Crippen LogP contribution in [0.3, 0.4) is 0 Å². The molecule has 11 nitrogen and oxygen atoms in total. The second-order valence-corrected chi connectivity index (χ2v) is 21.2. The van der Waals surface area contributed by atoms with Crippen LogP contribution in [0.1, 0.15) is 68.5 Å². The Morgan fingerprint density at radius 2 is 1.69 bits per heavy atom. The first-order valence-corrected chi connectivity index (χ1v) is 18.0. The van der Waals surface area contributed by atoms with Crippen LogP contribution in [0.4, 0.5) is 5.95 Å². The molecule has 0 spiro atoms. The average Bonchev–Trinajstić information content (AvgIpc) is 3.38. The molecule has 13 heteroatoms. The Morgan fingerprint density at radius 3 is 2.26 bits per heavy atom. The summed E-state index contributed by atoms with van der Waals surface area (Å²) in [6.07, 6.45) is 2.26. The summed E-state index contributed by atoms with van der Waals surface area (Å²) in [4.78, 5) is 30.5. The van der Waals surface area contributed by atoms with Gasteiger partial charge in [-0.1, -0.05) is 62.3 Å². The first kappa shape index (κ1) is 30.1. The summed E-state index contributed by atoms with van der Waals surface area (Å²) >= 11 is 0. The molecule has 2 saturated heterocycles. The van der Waals surface area contributed by atoms with Crippen LogP contribution in [0.2, 0.25) is 22.2 Å². The largest absolute Gasteiger partial charge is 0.414 e. The summed E-state index contributed by atoms with van der Waals surface area (Å²) < 4.78 is 30.0. The van der Waals surface area contributed by atoms with E-state index in [0.29, 0.717) is 12.3 Å². The van der Waals surface area contributed by atoms with Crippen molar-refractivity contribution in [3.05, 3.63) is 16.7 Å². The van der Waals surface area contributed by atoms with Crippen LogP contribution < -0.4 is 5.56 Å². The Labute approximate surface area is 233 Å². The Morgan fingerprint density at radius 1 is 1.08 bits per heavy atom. The van der Waals surface area contributed by atoms with Crippen molar-refractivity contribution >= 4 is 40.6 Å². The SMILES string of the molecule is CC(C)[Si]1(C(C)C)OC[C@H]2O[C@@H](n3cnc4c(=O)[nH]c(/N=C/N(C)C)nc43)[C@@H](C)[C@@H]2O[Si](C(C)C)(C(C)C)O1. The molecule has 0 radical (unpaired) electrons. The third-order valence-corrected chi connectivity index (χ3v) is 18.3. The fourth-order valence-corrected chi connectivity index (χ4v) is 17.3. The number of aromatic amines is 1. The molecule has 1 N–H and O–H groups in total. The first-order valence-electron chi connectivity index (χ1n) is 14.1. The van der Waals surface area contributed by atoms with Gasteiger partial charge in [0.15, 0.2) is 11.2 Å². The van der Waals surface area contributed by atoms with Gasteiger partial charge in [-0.05, 0) is 22.2 Å². The third-order valence-electron chi connectivity index (χ3n) is 8.09. The number of H-pyrrole nitrogens is 1. The van der Waals surface area contributed by atoms with Crippen molar-refractivity contribution in [1.82, 2.24) is 24.4 Å². The van der Waals surface area contributed by atoms with Gasteiger partial charge in [-0.25, -0.2) is 9.98 Å². The maximum atomic E-state index is 12.8. The highest BCUT2D eigenvalue weighted by Crippen LogP contribution is 2.49. The number of aliphatic imine (C=N–C) groups is 1. The average molecular weight is 579 g/mol. The van der Waals surface area contributed by atoms with Gasteiger partial charge in [-0.3, -0.25) is 14.3 Å². The molecule has 4 rings (SSSR count). The fourth-order valence-electron chi connectivity index (χ4n) is 5.99. The van der Waals surface area contributed by atoms with Gasteiger partial charge in [0.25, 0.3) is 5.56 Å². The Balaban J connectivity index is 1.78. The molecule has 0 bridgehead atoms. The van der Waals surface area contributed by atoms with E-state index >= 15 is 0 Å². The quantitative estimate of drug-likeness (QED) is 0.282. The molecule has 4 heterocycles. The van der Waals surface area contributed by atoms with Crippen molar-refractivity contribution in [2.75, 3.05) is 20.7 Å². The van der Waals surface area contributed by atoms with E-state index in [1.807, 2.05) is 18.7 Å². The van der Waals surface area contributed by atoms with Crippen LogP contribution >= 0.6 is 0 Å². The lowest BCUT2D eigenvalue weighted by Crippen LogP contribution is -2.65. The second-order valence-electron chi connectivity index (χ2n) is 12.4. The number of nitrogens with zero attached hydrogens (tertiary/aromatic N) is 5. The van der Waals surface area contributed by atoms with Gasteiger partial charge in [-0.15, -0.1) is 0 Å². The summed E-state index contributed by atoms with van der Waals surface area (Å²) in [7, 11) is -1.74. The number of rotatable bonds is 7. The van der Waals surface area contributed by atoms with Crippen LogP contribution in [-0.4, -0.2) is 80.8 Å². The molecule has 0 saturated carbocycles. The van der Waals surface area contributed by atoms with Gasteiger partial charge >= 0.3 is 17.1 Å². The van der Waals surface area contributed by atoms with Gasteiger partial charge < -0.3 is 22.6 Å². The lowest BCUT2D eigenvalue weighted by Gasteiger charge is -2.51. The van der Waals surface area contributed by atoms with Crippen LogP contribution in [0.25, 0.3) is 11.2 Å². The molecule has 0 unspecified atom stereocenters. The van der Waals surface area contributed by atoms with Gasteiger partial charge in [0, 0.05) is 20.0 Å². The molecule has 0 aromatic carbocycles. The van der Waals surface area contributed by atoms with Crippen LogP contribution in [0.15, 0.2) is 16.1 Å². The van der Waals surface area contributed by atoms with Crippen molar-refractivity contribution in [2.45, 2.75) is 103 Å². The molecular formula is C26H46N6O5Si2. The molecule has 2 aromatic rings. The van der Waals surface area contributed by atoms with E-state index in [4.69, 9.17) is 17.7 Å². The van der Waals surface area contributed by atoms with Crippen LogP contribution in [0, 0.1) is 5.92 Å². The van der Waals surface area contributed by atoms with Crippen molar-refractivity contribution in [3.63, 3.8) is 0 Å². The van der Waals surface area contributed by atoms with E-state index in [1.165, 1.54) is 0 Å². The van der Waals surface area contributed by atoms with Crippen molar-refractivity contribution in [3.8, 4) is 0 Å². The highest BCUT2D eigenvalue weighted by Gasteiger charge is 2.61. The predicted octanol–water partition coefficient (Wildman–Crippen LogP) is 4.83. The van der Waals surface area contributed by atoms with Crippen molar-refractivity contribution in [2.24, 2.45) is 10.9 Å². The highest BCUT2D eigenvalue weighted by molar-refractivity contribution is 6.83. The molecule has 0 amide bonds. The van der Waals surface area contributed by atoms with Gasteiger partial charge in [-0.2, -0.15) is 4.98 Å². The van der Waals surface area contributed by atoms with Crippen molar-refractivity contribution < 1.29 is 17.7 Å². The minimum atomic E-state index is -2.78. The molecule has 2 fully saturated rings. The summed E-state index contributed by atoms with van der Waals surface area (Å²) in [6, 6.07) is 0. The minimum Gasteiger partial charge on any atom is -0.414 e. The zero-order chi connectivity index (χ0) is 28.9. The van der Waals surface area contributed by atoms with E-state index in [9.17, 15) is 4.79 Å². The molecule has 2 aliphatic rings. The summed E-state index contributed by atoms with van der Waals surface area (Å²) in [5.74, 6) is 0.148. The predicted molar refractivity (Wildman–Crippen MR) is 157 cm³/mol. The molecule has 2 aromatic heterocycles. The summed E-state index contributed by atoms with van der Waals surface area (Å²) in [6.45, 7) is 20.2. The van der Waals surface area contributed by atoms with E-state index in [2.05, 4.69) is 82.3 Å². The number of hydrogen-bond donors (Lipinski definition) is 1. The standard InChI is InChI=1S/C26H46N6O5Si2/c1-15(2)38(16(3)4)34-12-20-22(36-39(37-38,17(5)6)18(7)8)19(9)25(35-20)32-14-27-21-23(32)29-26(30-24(21)33)28-13-31(10)11/h13-20,22,25H,12H2,1-11H3,(H,29,30,33)/b28-13+/t19-,20+,22-,25+/m0/s1. The summed E-state index contributed by atoms with van der Waals surface area (Å²) in [5, 5.41) is 0. The second kappa shape index (κ2) is 11.2. The Bertz CT molecular complexity index is 1230. The summed E-state index contributed by atoms with van der Waals surface area (Å²) in [5.41, 5.74) is 1.29. The molecule has 2 aliphatic heterocycles. The van der Waals surface area contributed by atoms with E-state index in [1.54, 1.807) is 17.6 Å². The highest BCUT2D eigenvalue weighted by atomic mass is 28.5. The maximum absolute atomic E-state index is 12.8. The van der Waals surface area contributed by atoms with Crippen molar-refractivity contribution in [1.29, 1.82) is 0 Å². The monoisotopic (exact) mass is 578 g/mol. The van der Waals surface area contributed by atoms with E-state index in [-0.39, 0.29) is 57.3 Å². The Hall–Kier alpha value is -1.91. The zero-order valence-electron chi connectivity index (χ0n) is 25.3. The zero-order valence-corrected chi connectivity index (χ0v) is 27.3. The number of hydrogen-bond acceptors (Lipinski definition) is 8. The number of nitrogens with one attached hydrogen (secondary N) is 1. The topological polar surface area (TPSA) is 116 Å². The fraction of sp³-hybridized carbons (Fsp3) is 0.769. The molecule has 218 valence electrons. The molecule has 4 atom stereocenters. The molecular weight excluding hydrogens is 532 g/mol. The normalized spacial score (nSPS) is 27.2. The van der Waals surface area contributed by atoms with E-state index < -0.39 is 23.3 Å². The maximum Gasteiger partial charge on any atom is 0.335 e. The molecule has 0 aliphatic carbocycles. The Kier molecular flexibility index (Phi) is 8.61. The third kappa shape index (κ3) is 5.29. The number of imidazole rings is 1. The smallest absolute Gasteiger partial charge is 0.335 e. The lowest BCUT2D eigenvalue weighted by atomic mass is 10.0.